The van der Waals surface area contributed by atoms with Crippen LogP contribution in [-0.2, 0) is 0 Å². The van der Waals surface area contributed by atoms with Crippen molar-refractivity contribution in [3.63, 3.8) is 0 Å². The summed E-state index contributed by atoms with van der Waals surface area (Å²) in [6.07, 6.45) is 0. The molecular weight excluding hydrogens is 368 g/mol. The van der Waals surface area contributed by atoms with Gasteiger partial charge in [-0.05, 0) is 18.2 Å². The average Bonchev–Trinajstić information content (AvgIpc) is 3.05. The summed E-state index contributed by atoms with van der Waals surface area (Å²) in [5.41, 5.74) is -2.40. The molecule has 0 saturated carbocycles. The van der Waals surface area contributed by atoms with Crippen LogP contribution in [0.2, 0.25) is 0 Å². The molecule has 0 amide bonds. The molecule has 0 fully saturated rings. The van der Waals surface area contributed by atoms with Crippen LogP contribution in [0.15, 0.2) is 55.6 Å². The first-order chi connectivity index (χ1) is 12.9. The second kappa shape index (κ2) is 4.99. The van der Waals surface area contributed by atoms with Crippen molar-refractivity contribution in [3.05, 3.63) is 77.3 Å². The lowest BCUT2D eigenvalue weighted by Crippen LogP contribution is -2.15. The third-order valence-electron chi connectivity index (χ3n) is 4.80. The number of thiophene rings is 1. The van der Waals surface area contributed by atoms with E-state index in [0.717, 1.165) is 11.3 Å². The van der Waals surface area contributed by atoms with Crippen molar-refractivity contribution >= 4 is 53.1 Å². The van der Waals surface area contributed by atoms with Crippen molar-refractivity contribution in [2.45, 2.75) is 0 Å². The van der Waals surface area contributed by atoms with Gasteiger partial charge in [-0.15, -0.1) is 11.3 Å². The zero-order valence-corrected chi connectivity index (χ0v) is 14.2. The SMILES string of the molecule is O=c1c2cccc(O)c2c(=O)c2c1sc1c(=O)c3c(O)cccc3c(=O)c12. The summed E-state index contributed by atoms with van der Waals surface area (Å²) in [6, 6.07) is 8.27. The van der Waals surface area contributed by atoms with Crippen LogP contribution < -0.4 is 21.7 Å². The molecule has 27 heavy (non-hydrogen) atoms. The minimum Gasteiger partial charge on any atom is -0.507 e. The van der Waals surface area contributed by atoms with E-state index in [1.165, 1.54) is 36.4 Å². The van der Waals surface area contributed by atoms with E-state index in [0.29, 0.717) is 0 Å². The normalized spacial score (nSPS) is 11.9. The molecule has 0 saturated heterocycles. The van der Waals surface area contributed by atoms with Gasteiger partial charge in [0.1, 0.15) is 11.5 Å². The second-order valence-electron chi connectivity index (χ2n) is 6.23. The maximum atomic E-state index is 13.0. The van der Waals surface area contributed by atoms with Crippen LogP contribution in [0.4, 0.5) is 0 Å². The molecule has 0 aliphatic carbocycles. The lowest BCUT2D eigenvalue weighted by atomic mass is 10.0. The van der Waals surface area contributed by atoms with E-state index in [1.54, 1.807) is 0 Å². The van der Waals surface area contributed by atoms with Gasteiger partial charge in [0.2, 0.25) is 10.9 Å². The van der Waals surface area contributed by atoms with E-state index < -0.39 is 21.7 Å². The van der Waals surface area contributed by atoms with Crippen molar-refractivity contribution in [2.75, 3.05) is 0 Å². The molecule has 130 valence electrons. The smallest absolute Gasteiger partial charge is 0.208 e. The third-order valence-corrected chi connectivity index (χ3v) is 5.99. The summed E-state index contributed by atoms with van der Waals surface area (Å²) in [7, 11) is 0. The highest BCUT2D eigenvalue weighted by molar-refractivity contribution is 7.25. The monoisotopic (exact) mass is 376 g/mol. The first-order valence-electron chi connectivity index (χ1n) is 7.91. The van der Waals surface area contributed by atoms with Crippen molar-refractivity contribution in [1.82, 2.24) is 0 Å². The molecule has 0 spiro atoms. The quantitative estimate of drug-likeness (QED) is 0.428. The molecule has 1 aromatic heterocycles. The lowest BCUT2D eigenvalue weighted by Gasteiger charge is -2.01. The van der Waals surface area contributed by atoms with E-state index in [4.69, 9.17) is 0 Å². The Kier molecular flexibility index (Phi) is 2.89. The summed E-state index contributed by atoms with van der Waals surface area (Å²) in [5, 5.41) is 19.5. The van der Waals surface area contributed by atoms with Gasteiger partial charge >= 0.3 is 0 Å². The molecule has 0 atom stereocenters. The average molecular weight is 376 g/mol. The van der Waals surface area contributed by atoms with E-state index >= 15 is 0 Å². The Balaban J connectivity index is 2.25. The third kappa shape index (κ3) is 1.78. The van der Waals surface area contributed by atoms with Crippen molar-refractivity contribution in [3.8, 4) is 11.5 Å². The number of phenols is 2. The van der Waals surface area contributed by atoms with Crippen LogP contribution in [0.5, 0.6) is 11.5 Å². The molecule has 0 unspecified atom stereocenters. The predicted molar refractivity (Wildman–Crippen MR) is 105 cm³/mol. The Morgan fingerprint density at radius 3 is 1.67 bits per heavy atom. The number of aromatic hydroxyl groups is 2. The van der Waals surface area contributed by atoms with Crippen LogP contribution in [-0.4, -0.2) is 10.2 Å². The van der Waals surface area contributed by atoms with Crippen molar-refractivity contribution in [1.29, 1.82) is 0 Å². The van der Waals surface area contributed by atoms with Crippen molar-refractivity contribution in [2.24, 2.45) is 0 Å². The minimum atomic E-state index is -0.667. The fourth-order valence-corrected chi connectivity index (χ4v) is 4.81. The van der Waals surface area contributed by atoms with Gasteiger partial charge < -0.3 is 10.2 Å². The summed E-state index contributed by atoms with van der Waals surface area (Å²) < 4.78 is -0.0508. The zero-order valence-electron chi connectivity index (χ0n) is 13.4. The number of fused-ring (bicyclic) bond motifs is 5. The summed E-state index contributed by atoms with van der Waals surface area (Å²) in [5.74, 6) is -0.689. The van der Waals surface area contributed by atoms with Crippen LogP contribution in [0.25, 0.3) is 41.7 Å². The van der Waals surface area contributed by atoms with Gasteiger partial charge in [-0.3, -0.25) is 19.2 Å². The highest BCUT2D eigenvalue weighted by atomic mass is 32.1. The van der Waals surface area contributed by atoms with Gasteiger partial charge in [0.25, 0.3) is 0 Å². The summed E-state index contributed by atoms with van der Waals surface area (Å²) in [4.78, 5) is 51.7. The highest BCUT2D eigenvalue weighted by Crippen LogP contribution is 2.31. The Labute approximate surface area is 152 Å². The van der Waals surface area contributed by atoms with Gasteiger partial charge in [0.15, 0.2) is 10.9 Å². The Hall–Kier alpha value is -3.58. The van der Waals surface area contributed by atoms with Gasteiger partial charge in [-0.2, -0.15) is 0 Å². The van der Waals surface area contributed by atoms with Crippen LogP contribution in [0.1, 0.15) is 0 Å². The summed E-state index contributed by atoms with van der Waals surface area (Å²) >= 11 is 0.770. The first kappa shape index (κ1) is 15.7. The summed E-state index contributed by atoms with van der Waals surface area (Å²) in [6.45, 7) is 0. The number of hydrogen-bond acceptors (Lipinski definition) is 7. The topological polar surface area (TPSA) is 109 Å². The Morgan fingerprint density at radius 2 is 1.04 bits per heavy atom. The van der Waals surface area contributed by atoms with Crippen LogP contribution in [0.3, 0.4) is 0 Å². The molecule has 4 aromatic carbocycles. The van der Waals surface area contributed by atoms with Crippen molar-refractivity contribution < 1.29 is 10.2 Å². The van der Waals surface area contributed by atoms with Crippen LogP contribution >= 0.6 is 11.3 Å². The molecule has 6 nitrogen and oxygen atoms in total. The molecule has 5 aromatic rings. The largest absolute Gasteiger partial charge is 0.507 e. The fraction of sp³-hybridized carbons (Fsp3) is 0. The number of benzene rings is 4. The molecule has 7 heteroatoms. The molecule has 2 N–H and O–H groups in total. The second-order valence-corrected chi connectivity index (χ2v) is 7.25. The minimum absolute atomic E-state index is 0.00269. The fourth-order valence-electron chi connectivity index (χ4n) is 3.62. The van der Waals surface area contributed by atoms with E-state index in [1.807, 2.05) is 0 Å². The lowest BCUT2D eigenvalue weighted by molar-refractivity contribution is 0.481. The zero-order chi connectivity index (χ0) is 19.0. The van der Waals surface area contributed by atoms with E-state index in [9.17, 15) is 29.4 Å². The Morgan fingerprint density at radius 1 is 0.556 bits per heavy atom. The molecule has 0 bridgehead atoms. The van der Waals surface area contributed by atoms with Gasteiger partial charge in [-0.1, -0.05) is 18.2 Å². The highest BCUT2D eigenvalue weighted by Gasteiger charge is 2.23. The van der Waals surface area contributed by atoms with E-state index in [2.05, 4.69) is 0 Å². The Bertz CT molecular complexity index is 1670. The predicted octanol–water partition coefficient (Wildman–Crippen LogP) is 2.09. The molecule has 0 radical (unpaired) electrons. The molecular formula is C20H8O6S. The van der Waals surface area contributed by atoms with E-state index in [-0.39, 0.29) is 53.2 Å². The number of rotatable bonds is 0. The van der Waals surface area contributed by atoms with Gasteiger partial charge in [0.05, 0.1) is 30.9 Å². The number of phenolic OH excluding ortho intramolecular Hbond substituents is 2. The maximum Gasteiger partial charge on any atom is 0.208 e. The van der Waals surface area contributed by atoms with Gasteiger partial charge in [0, 0.05) is 10.8 Å². The molecule has 0 aliphatic heterocycles. The molecule has 5 rings (SSSR count). The molecule has 1 heterocycles. The standard InChI is InChI=1S/C20H8O6S/c21-9-5-2-4-8-11(9)17(25)14-13-15(23)7-3-1-6-10(22)12(7)18(26)20(13)27-19(14)16(8)24/h1-6,21-22H. The van der Waals surface area contributed by atoms with Crippen LogP contribution in [0, 0.1) is 0 Å². The maximum absolute atomic E-state index is 13.0. The number of hydrogen-bond donors (Lipinski definition) is 2. The van der Waals surface area contributed by atoms with Gasteiger partial charge in [-0.25, -0.2) is 0 Å². The molecule has 0 aliphatic rings. The first-order valence-corrected chi connectivity index (χ1v) is 8.73.